The summed E-state index contributed by atoms with van der Waals surface area (Å²) in [4.78, 5) is 57.6. The number of hydrogen-bond acceptors (Lipinski definition) is 12. The predicted molar refractivity (Wildman–Crippen MR) is 208 cm³/mol. The van der Waals surface area contributed by atoms with Crippen LogP contribution < -0.4 is 0 Å². The SMILES string of the molecule is C=CCC1/C=C(\C)CC(C)CC(OC)C2OC(O)(C(=O)C(=O)N3CCCCC3C(=O)OC(C(C)=CC3CCC(O)C(O)C3)C(C)C(O)CC1=O)C(C)CC2OC. The van der Waals surface area contributed by atoms with Gasteiger partial charge in [-0.25, -0.2) is 4.79 Å². The van der Waals surface area contributed by atoms with Gasteiger partial charge in [0.25, 0.3) is 11.7 Å². The minimum Gasteiger partial charge on any atom is -0.456 e. The largest absolute Gasteiger partial charge is 0.456 e. The van der Waals surface area contributed by atoms with Crippen molar-refractivity contribution < 1.29 is 58.6 Å². The van der Waals surface area contributed by atoms with Crippen molar-refractivity contribution in [3.8, 4) is 0 Å². The quantitative estimate of drug-likeness (QED) is 0.172. The molecule has 1 amide bonds. The topological polar surface area (TPSA) is 189 Å². The Kier molecular flexibility index (Phi) is 16.6. The van der Waals surface area contributed by atoms with Gasteiger partial charge in [-0.05, 0) is 95.5 Å². The van der Waals surface area contributed by atoms with E-state index in [9.17, 15) is 39.6 Å². The Hall–Kier alpha value is -2.78. The fourth-order valence-corrected chi connectivity index (χ4v) is 9.19. The van der Waals surface area contributed by atoms with E-state index < -0.39 is 90.0 Å². The average molecular weight is 790 g/mol. The van der Waals surface area contributed by atoms with Crippen molar-refractivity contribution in [3.05, 3.63) is 36.0 Å². The number of allylic oxidation sites excluding steroid dienone is 4. The number of aliphatic hydroxyl groups is 4. The molecule has 4 N–H and O–H groups in total. The number of carbonyl (C=O) groups excluding carboxylic acids is 4. The van der Waals surface area contributed by atoms with Crippen LogP contribution in [0.15, 0.2) is 36.0 Å². The molecule has 1 aliphatic carbocycles. The Balaban J connectivity index is 1.78. The third-order valence-corrected chi connectivity index (χ3v) is 12.6. The van der Waals surface area contributed by atoms with Crippen molar-refractivity contribution in [2.75, 3.05) is 20.8 Å². The number of hydrogen-bond donors (Lipinski definition) is 4. The fourth-order valence-electron chi connectivity index (χ4n) is 9.19. The highest BCUT2D eigenvalue weighted by molar-refractivity contribution is 6.39. The fraction of sp³-hybridized carbons (Fsp3) is 0.767. The molecule has 316 valence electrons. The molecule has 0 aromatic carbocycles. The Labute approximate surface area is 332 Å². The summed E-state index contributed by atoms with van der Waals surface area (Å²) in [5.74, 6) is -8.03. The van der Waals surface area contributed by atoms with Gasteiger partial charge < -0.3 is 44.3 Å². The summed E-state index contributed by atoms with van der Waals surface area (Å²) in [5.41, 5.74) is 1.54. The molecule has 1 saturated carbocycles. The van der Waals surface area contributed by atoms with Crippen LogP contribution in [0.4, 0.5) is 0 Å². The van der Waals surface area contributed by atoms with Crippen LogP contribution in [0, 0.1) is 29.6 Å². The smallest absolute Gasteiger partial charge is 0.329 e. The summed E-state index contributed by atoms with van der Waals surface area (Å²) in [5, 5.41) is 44.1. The van der Waals surface area contributed by atoms with Gasteiger partial charge in [-0.1, -0.05) is 44.6 Å². The normalized spacial score (nSPS) is 41.5. The van der Waals surface area contributed by atoms with Crippen LogP contribution in [0.5, 0.6) is 0 Å². The third kappa shape index (κ3) is 10.8. The lowest BCUT2D eigenvalue weighted by molar-refractivity contribution is -0.302. The predicted octanol–water partition coefficient (Wildman–Crippen LogP) is 3.98. The van der Waals surface area contributed by atoms with Crippen LogP contribution >= 0.6 is 0 Å². The molecular formula is C43H67NO12. The number of rotatable bonds is 6. The van der Waals surface area contributed by atoms with Gasteiger partial charge in [0.05, 0.1) is 30.5 Å². The first-order valence-corrected chi connectivity index (χ1v) is 20.5. The zero-order valence-electron chi connectivity index (χ0n) is 34.4. The molecule has 3 fully saturated rings. The lowest BCUT2D eigenvalue weighted by Crippen LogP contribution is -2.64. The van der Waals surface area contributed by atoms with Gasteiger partial charge in [0.15, 0.2) is 0 Å². The van der Waals surface area contributed by atoms with Gasteiger partial charge in [0.2, 0.25) is 5.79 Å². The molecule has 14 unspecified atom stereocenters. The summed E-state index contributed by atoms with van der Waals surface area (Å²) in [6, 6.07) is -1.16. The molecule has 0 spiro atoms. The first-order chi connectivity index (χ1) is 26.4. The molecule has 2 bridgehead atoms. The molecule has 3 aliphatic heterocycles. The number of ketones is 2. The van der Waals surface area contributed by atoms with E-state index in [0.29, 0.717) is 56.9 Å². The molecule has 4 aliphatic rings. The summed E-state index contributed by atoms with van der Waals surface area (Å²) in [6.45, 7) is 13.0. The number of fused-ring (bicyclic) bond motifs is 3. The molecule has 0 radical (unpaired) electrons. The lowest BCUT2D eigenvalue weighted by atomic mass is 9.81. The van der Waals surface area contributed by atoms with Crippen molar-refractivity contribution in [3.63, 3.8) is 0 Å². The van der Waals surface area contributed by atoms with Crippen molar-refractivity contribution in [2.45, 2.75) is 160 Å². The Morgan fingerprint density at radius 1 is 0.946 bits per heavy atom. The highest BCUT2D eigenvalue weighted by Gasteiger charge is 2.56. The van der Waals surface area contributed by atoms with E-state index in [1.54, 1.807) is 26.8 Å². The molecule has 2 saturated heterocycles. The summed E-state index contributed by atoms with van der Waals surface area (Å²) in [6.07, 6.45) is 3.36. The maximum absolute atomic E-state index is 14.2. The van der Waals surface area contributed by atoms with Crippen LogP contribution in [0.2, 0.25) is 0 Å². The van der Waals surface area contributed by atoms with E-state index in [1.165, 1.54) is 14.2 Å². The Bertz CT molecular complexity index is 1460. The van der Waals surface area contributed by atoms with Crippen LogP contribution in [-0.4, -0.2) is 124 Å². The minimum atomic E-state index is -2.52. The third-order valence-electron chi connectivity index (χ3n) is 12.6. The molecule has 14 atom stereocenters. The van der Waals surface area contributed by atoms with Gasteiger partial charge in [-0.15, -0.1) is 6.58 Å². The van der Waals surface area contributed by atoms with Crippen LogP contribution in [0.3, 0.4) is 0 Å². The summed E-state index contributed by atoms with van der Waals surface area (Å²) >= 11 is 0. The van der Waals surface area contributed by atoms with Crippen molar-refractivity contribution in [1.29, 1.82) is 0 Å². The molecule has 4 rings (SSSR count). The van der Waals surface area contributed by atoms with Gasteiger partial charge in [-0.3, -0.25) is 14.4 Å². The second kappa shape index (κ2) is 20.3. The number of aliphatic hydroxyl groups excluding tert-OH is 3. The number of Topliss-reactive ketones (excluding diaryl/α,β-unsaturated/α-hetero) is 2. The molecular weight excluding hydrogens is 722 g/mol. The van der Waals surface area contributed by atoms with E-state index in [4.69, 9.17) is 18.9 Å². The number of piperidine rings is 1. The number of ether oxygens (including phenoxy) is 4. The number of cyclic esters (lactones) is 1. The van der Waals surface area contributed by atoms with E-state index >= 15 is 0 Å². The first-order valence-electron chi connectivity index (χ1n) is 20.5. The molecule has 3 heterocycles. The Morgan fingerprint density at radius 2 is 1.62 bits per heavy atom. The molecule has 56 heavy (non-hydrogen) atoms. The van der Waals surface area contributed by atoms with E-state index in [1.807, 2.05) is 26.0 Å². The van der Waals surface area contributed by atoms with Gasteiger partial charge in [-0.2, -0.15) is 0 Å². The van der Waals surface area contributed by atoms with Gasteiger partial charge in [0.1, 0.15) is 24.0 Å². The van der Waals surface area contributed by atoms with Gasteiger partial charge in [0, 0.05) is 44.9 Å². The van der Waals surface area contributed by atoms with E-state index in [2.05, 4.69) is 6.58 Å². The van der Waals surface area contributed by atoms with Crippen LogP contribution in [0.1, 0.15) is 105 Å². The van der Waals surface area contributed by atoms with Gasteiger partial charge >= 0.3 is 5.97 Å². The summed E-state index contributed by atoms with van der Waals surface area (Å²) < 4.78 is 24.1. The summed E-state index contributed by atoms with van der Waals surface area (Å²) in [7, 11) is 3.04. The number of nitrogens with zero attached hydrogens (tertiary/aromatic N) is 1. The first kappa shape index (κ1) is 45.9. The van der Waals surface area contributed by atoms with E-state index in [0.717, 1.165) is 10.5 Å². The number of carbonyl (C=O) groups is 4. The number of methoxy groups -OCH3 is 2. The molecule has 13 nitrogen and oxygen atoms in total. The number of esters is 1. The maximum Gasteiger partial charge on any atom is 0.329 e. The highest BCUT2D eigenvalue weighted by atomic mass is 16.7. The lowest BCUT2D eigenvalue weighted by Gasteiger charge is -2.47. The second-order valence-electron chi connectivity index (χ2n) is 17.1. The molecule has 0 aromatic heterocycles. The van der Waals surface area contributed by atoms with Crippen molar-refractivity contribution >= 4 is 23.4 Å². The second-order valence-corrected chi connectivity index (χ2v) is 17.1. The van der Waals surface area contributed by atoms with Crippen LogP contribution in [-0.2, 0) is 38.1 Å². The molecule has 13 heteroatoms. The molecule has 0 aromatic rings. The zero-order chi connectivity index (χ0) is 41.5. The average Bonchev–Trinajstić information content (AvgIpc) is 3.16. The zero-order valence-corrected chi connectivity index (χ0v) is 34.4. The standard InChI is InChI=1S/C43H67NO12/c1-9-12-30-18-24(2)17-25(3)19-36(53-7)39-37(54-8)21-27(5)43(52,56-39)40(49)41(50)44-16-11-10-13-31(44)42(51)55-38(28(6)33(46)23-34(30)47)26(4)20-29-14-15-32(45)35(48)22-29/h9,18,20,25,27-33,35-39,45-46,48,52H,1,10-17,19,21-23H2,2-8H3/b24-18+,26-20?. The Morgan fingerprint density at radius 3 is 2.27 bits per heavy atom. The van der Waals surface area contributed by atoms with E-state index in [-0.39, 0.29) is 43.4 Å². The van der Waals surface area contributed by atoms with Crippen molar-refractivity contribution in [1.82, 2.24) is 4.90 Å². The monoisotopic (exact) mass is 789 g/mol. The van der Waals surface area contributed by atoms with Crippen molar-refractivity contribution in [2.24, 2.45) is 29.6 Å². The number of amides is 1. The maximum atomic E-state index is 14.2. The highest BCUT2D eigenvalue weighted by Crippen LogP contribution is 2.39. The minimum absolute atomic E-state index is 0.00242. The van der Waals surface area contributed by atoms with Crippen LogP contribution in [0.25, 0.3) is 0 Å².